The fourth-order valence-electron chi connectivity index (χ4n) is 3.63. The van der Waals surface area contributed by atoms with Gasteiger partial charge in [0.15, 0.2) is 12.5 Å². The number of hydrogen-bond donors (Lipinski definition) is 2. The molecule has 10 heteroatoms. The van der Waals surface area contributed by atoms with Crippen molar-refractivity contribution in [2.45, 2.75) is 51.8 Å². The molecule has 1 aromatic carbocycles. The number of nitrogens with one attached hydrogen (secondary N) is 1. The first kappa shape index (κ1) is 29.3. The first-order valence-corrected chi connectivity index (χ1v) is 11.8. The van der Waals surface area contributed by atoms with Crippen LogP contribution in [0, 0.1) is 0 Å². The maximum Gasteiger partial charge on any atom is 0.427 e. The number of carbonyl (C=O) groups is 2. The lowest BCUT2D eigenvalue weighted by molar-refractivity contribution is -0.186. The summed E-state index contributed by atoms with van der Waals surface area (Å²) in [5.74, 6) is -1.20. The minimum Gasteiger partial charge on any atom is -0.481 e. The molecule has 0 atom stereocenters. The molecule has 0 radical (unpaired) electrons. The van der Waals surface area contributed by atoms with Crippen molar-refractivity contribution in [2.24, 2.45) is 4.99 Å². The lowest BCUT2D eigenvalue weighted by Crippen LogP contribution is -2.52. The Morgan fingerprint density at radius 2 is 2.00 bits per heavy atom. The second-order valence-electron chi connectivity index (χ2n) is 8.93. The molecule has 0 spiro atoms. The SMILES string of the molecule is C/C=C(\C=C/CCCN1CC(=O)C(c2ccc(OC(F)(F)CF)cc2)=NC1(C)C)CNCCC(=O)O. The second kappa shape index (κ2) is 13.4. The number of hydrogen-bond acceptors (Lipinski definition) is 6. The standard InChI is InChI=1S/C26H34F3N3O4/c1-4-19(16-30-14-13-23(34)35)8-6-5-7-15-32-17-22(33)24(31-25(32,2)3)20-9-11-21(12-10-20)36-26(28,29)18-27/h4,6,8-12,30H,5,7,13-18H2,1-3H3,(H,34,35)/b8-6-,19-4+. The summed E-state index contributed by atoms with van der Waals surface area (Å²) in [6.45, 7) is 5.67. The molecule has 0 amide bonds. The number of alkyl halides is 3. The highest BCUT2D eigenvalue weighted by Gasteiger charge is 2.35. The summed E-state index contributed by atoms with van der Waals surface area (Å²) in [6.07, 6.45) is 3.83. The number of carboxylic acid groups (broad SMARTS) is 1. The van der Waals surface area contributed by atoms with Gasteiger partial charge in [-0.2, -0.15) is 8.78 Å². The van der Waals surface area contributed by atoms with Crippen molar-refractivity contribution >= 4 is 17.5 Å². The number of halogens is 3. The summed E-state index contributed by atoms with van der Waals surface area (Å²) in [5.41, 5.74) is 1.19. The molecule has 0 bridgehead atoms. The van der Waals surface area contributed by atoms with E-state index in [1.807, 2.05) is 37.8 Å². The summed E-state index contributed by atoms with van der Waals surface area (Å²) in [4.78, 5) is 30.0. The number of aliphatic imine (C=N–C) groups is 1. The summed E-state index contributed by atoms with van der Waals surface area (Å²) >= 11 is 0. The minimum atomic E-state index is -3.90. The van der Waals surface area contributed by atoms with Gasteiger partial charge in [-0.3, -0.25) is 19.5 Å². The van der Waals surface area contributed by atoms with Crippen molar-refractivity contribution in [2.75, 3.05) is 32.9 Å². The first-order chi connectivity index (χ1) is 17.0. The zero-order valence-electron chi connectivity index (χ0n) is 20.9. The molecule has 2 N–H and O–H groups in total. The van der Waals surface area contributed by atoms with Crippen LogP contribution in [0.3, 0.4) is 0 Å². The van der Waals surface area contributed by atoms with Gasteiger partial charge < -0.3 is 15.2 Å². The third-order valence-electron chi connectivity index (χ3n) is 5.65. The number of ketones is 1. The van der Waals surface area contributed by atoms with Gasteiger partial charge in [0.2, 0.25) is 0 Å². The van der Waals surface area contributed by atoms with E-state index in [1.165, 1.54) is 24.3 Å². The Balaban J connectivity index is 1.90. The molecule has 198 valence electrons. The van der Waals surface area contributed by atoms with Crippen LogP contribution < -0.4 is 10.1 Å². The lowest BCUT2D eigenvalue weighted by atomic mass is 10.00. The van der Waals surface area contributed by atoms with Gasteiger partial charge in [0.05, 0.1) is 13.0 Å². The molecule has 0 aromatic heterocycles. The van der Waals surface area contributed by atoms with E-state index in [-0.39, 0.29) is 30.2 Å². The number of Topliss-reactive ketones (excluding diaryl/α,β-unsaturated/α-hetero) is 1. The van der Waals surface area contributed by atoms with Crippen molar-refractivity contribution < 1.29 is 32.6 Å². The van der Waals surface area contributed by atoms with Crippen LogP contribution in [0.1, 0.15) is 45.6 Å². The Labute approximate surface area is 209 Å². The van der Waals surface area contributed by atoms with Gasteiger partial charge in [-0.25, -0.2) is 4.39 Å². The monoisotopic (exact) mass is 509 g/mol. The number of ether oxygens (including phenoxy) is 1. The lowest BCUT2D eigenvalue weighted by Gasteiger charge is -2.39. The van der Waals surface area contributed by atoms with Crippen molar-refractivity contribution in [1.29, 1.82) is 0 Å². The fraction of sp³-hybridized carbons (Fsp3) is 0.500. The summed E-state index contributed by atoms with van der Waals surface area (Å²) < 4.78 is 42.8. The minimum absolute atomic E-state index is 0.0777. The van der Waals surface area contributed by atoms with E-state index >= 15 is 0 Å². The highest BCUT2D eigenvalue weighted by Crippen LogP contribution is 2.26. The maximum atomic E-state index is 13.1. The molecular formula is C26H34F3N3O4. The average molecular weight is 510 g/mol. The van der Waals surface area contributed by atoms with Crippen molar-refractivity contribution in [3.05, 3.63) is 53.6 Å². The predicted molar refractivity (Wildman–Crippen MR) is 132 cm³/mol. The number of rotatable bonds is 14. The van der Waals surface area contributed by atoms with Gasteiger partial charge in [0.25, 0.3) is 0 Å². The van der Waals surface area contributed by atoms with E-state index in [0.29, 0.717) is 25.2 Å². The molecule has 0 fully saturated rings. The third kappa shape index (κ3) is 9.23. The molecular weight excluding hydrogens is 475 g/mol. The van der Waals surface area contributed by atoms with Crippen molar-refractivity contribution in [3.63, 3.8) is 0 Å². The van der Waals surface area contributed by atoms with Crippen LogP contribution >= 0.6 is 0 Å². The van der Waals surface area contributed by atoms with Gasteiger partial charge in [0, 0.05) is 25.2 Å². The quantitative estimate of drug-likeness (QED) is 0.286. The van der Waals surface area contributed by atoms with Gasteiger partial charge >= 0.3 is 12.1 Å². The zero-order valence-corrected chi connectivity index (χ0v) is 20.9. The predicted octanol–water partition coefficient (Wildman–Crippen LogP) is 4.38. The van der Waals surface area contributed by atoms with Crippen LogP contribution in [0.25, 0.3) is 0 Å². The molecule has 2 rings (SSSR count). The van der Waals surface area contributed by atoms with Gasteiger partial charge in [-0.1, -0.05) is 18.2 Å². The number of carbonyl (C=O) groups excluding carboxylic acids is 1. The summed E-state index contributed by atoms with van der Waals surface area (Å²) in [5, 5.41) is 11.8. The first-order valence-electron chi connectivity index (χ1n) is 11.8. The highest BCUT2D eigenvalue weighted by atomic mass is 19.3. The van der Waals surface area contributed by atoms with E-state index in [9.17, 15) is 22.8 Å². The molecule has 36 heavy (non-hydrogen) atoms. The molecule has 0 unspecified atom stereocenters. The maximum absolute atomic E-state index is 13.1. The number of allylic oxidation sites excluding steroid dienone is 2. The van der Waals surface area contributed by atoms with Crippen molar-refractivity contribution in [3.8, 4) is 5.75 Å². The summed E-state index contributed by atoms with van der Waals surface area (Å²) in [7, 11) is 0. The Morgan fingerprint density at radius 3 is 2.61 bits per heavy atom. The second-order valence-corrected chi connectivity index (χ2v) is 8.93. The van der Waals surface area contributed by atoms with Crippen LogP contribution in [0.15, 0.2) is 53.1 Å². The normalized spacial score (nSPS) is 16.9. The smallest absolute Gasteiger partial charge is 0.427 e. The van der Waals surface area contributed by atoms with Crippen LogP contribution in [0.2, 0.25) is 0 Å². The number of benzene rings is 1. The fourth-order valence-corrected chi connectivity index (χ4v) is 3.63. The van der Waals surface area contributed by atoms with Crippen LogP contribution in [0.5, 0.6) is 5.75 Å². The zero-order chi connectivity index (χ0) is 26.8. The van der Waals surface area contributed by atoms with E-state index < -0.39 is 24.4 Å². The Hall–Kier alpha value is -2.98. The Kier molecular flexibility index (Phi) is 10.9. The van der Waals surface area contributed by atoms with E-state index in [4.69, 9.17) is 5.11 Å². The number of carboxylic acids is 1. The van der Waals surface area contributed by atoms with E-state index in [2.05, 4.69) is 21.1 Å². The van der Waals surface area contributed by atoms with Crippen LogP contribution in [-0.2, 0) is 9.59 Å². The highest BCUT2D eigenvalue weighted by molar-refractivity contribution is 6.47. The topological polar surface area (TPSA) is 91.2 Å². The average Bonchev–Trinajstić information content (AvgIpc) is 2.82. The molecule has 1 heterocycles. The van der Waals surface area contributed by atoms with Crippen molar-refractivity contribution in [1.82, 2.24) is 10.2 Å². The molecule has 1 aliphatic rings. The molecule has 1 aliphatic heterocycles. The Morgan fingerprint density at radius 1 is 1.31 bits per heavy atom. The number of nitrogens with zero attached hydrogens (tertiary/aromatic N) is 2. The molecule has 1 aromatic rings. The van der Waals surface area contributed by atoms with E-state index in [1.54, 1.807) is 0 Å². The number of aliphatic carboxylic acids is 1. The number of unbranched alkanes of at least 4 members (excludes halogenated alkanes) is 1. The van der Waals surface area contributed by atoms with Crippen LogP contribution in [-0.4, -0.2) is 72.1 Å². The van der Waals surface area contributed by atoms with E-state index in [0.717, 1.165) is 18.4 Å². The molecule has 0 saturated carbocycles. The molecule has 0 saturated heterocycles. The van der Waals surface area contributed by atoms with Gasteiger partial charge in [-0.05, 0) is 63.5 Å². The van der Waals surface area contributed by atoms with Gasteiger partial charge in [-0.15, -0.1) is 0 Å². The molecule has 7 nitrogen and oxygen atoms in total. The summed E-state index contributed by atoms with van der Waals surface area (Å²) in [6, 6.07) is 5.46. The molecule has 0 aliphatic carbocycles. The Bertz CT molecular complexity index is 989. The largest absolute Gasteiger partial charge is 0.481 e. The third-order valence-corrected chi connectivity index (χ3v) is 5.65. The van der Waals surface area contributed by atoms with Crippen LogP contribution in [0.4, 0.5) is 13.2 Å². The van der Waals surface area contributed by atoms with Gasteiger partial charge in [0.1, 0.15) is 17.1 Å².